The van der Waals surface area contributed by atoms with Gasteiger partial charge >= 0.3 is 0 Å². The Bertz CT molecular complexity index is 518. The van der Waals surface area contributed by atoms with Crippen LogP contribution in [-0.2, 0) is 4.74 Å². The number of piperazine rings is 1. The second-order valence-electron chi connectivity index (χ2n) is 6.10. The number of amides is 1. The van der Waals surface area contributed by atoms with E-state index in [0.717, 1.165) is 26.2 Å². The molecule has 1 aliphatic heterocycles. The maximum Gasteiger partial charge on any atom is 0.256 e. The molecule has 1 aliphatic rings. The average Bonchev–Trinajstić information content (AvgIpc) is 2.60. The molecule has 2 rings (SSSR count). The van der Waals surface area contributed by atoms with Crippen molar-refractivity contribution in [2.45, 2.75) is 13.0 Å². The highest BCUT2D eigenvalue weighted by Gasteiger charge is 2.20. The maximum absolute atomic E-state index is 12.4. The van der Waals surface area contributed by atoms with Crippen LogP contribution in [0.5, 0.6) is 5.88 Å². The van der Waals surface area contributed by atoms with Crippen LogP contribution in [0.15, 0.2) is 18.3 Å². The number of rotatable bonds is 8. The smallest absolute Gasteiger partial charge is 0.256 e. The van der Waals surface area contributed by atoms with Gasteiger partial charge in [0.1, 0.15) is 12.2 Å². The molecule has 7 heteroatoms. The van der Waals surface area contributed by atoms with E-state index in [9.17, 15) is 4.79 Å². The third kappa shape index (κ3) is 5.43. The molecule has 0 radical (unpaired) electrons. The molecule has 0 aromatic carbocycles. The van der Waals surface area contributed by atoms with Crippen LogP contribution in [0, 0.1) is 0 Å². The molecule has 24 heavy (non-hydrogen) atoms. The fourth-order valence-corrected chi connectivity index (χ4v) is 2.63. The second-order valence-corrected chi connectivity index (χ2v) is 6.10. The lowest BCUT2D eigenvalue weighted by Gasteiger charge is -2.36. The lowest BCUT2D eigenvalue weighted by Crippen LogP contribution is -2.51. The number of methoxy groups -OCH3 is 1. The highest BCUT2D eigenvalue weighted by molar-refractivity contribution is 5.96. The number of hydrogen-bond donors (Lipinski definition) is 1. The van der Waals surface area contributed by atoms with E-state index < -0.39 is 0 Å². The van der Waals surface area contributed by atoms with E-state index >= 15 is 0 Å². The van der Waals surface area contributed by atoms with E-state index in [1.165, 1.54) is 0 Å². The molecule has 2 heterocycles. The zero-order valence-electron chi connectivity index (χ0n) is 14.8. The first-order valence-electron chi connectivity index (χ1n) is 8.39. The monoisotopic (exact) mass is 336 g/mol. The molecular formula is C17H28N4O3. The zero-order valence-corrected chi connectivity index (χ0v) is 14.8. The molecular weight excluding hydrogens is 308 g/mol. The van der Waals surface area contributed by atoms with E-state index in [0.29, 0.717) is 37.2 Å². The van der Waals surface area contributed by atoms with Gasteiger partial charge < -0.3 is 19.7 Å². The average molecular weight is 336 g/mol. The second kappa shape index (κ2) is 9.56. The Balaban J connectivity index is 1.85. The van der Waals surface area contributed by atoms with Crippen LogP contribution in [0.25, 0.3) is 0 Å². The number of pyridine rings is 1. The first-order chi connectivity index (χ1) is 11.6. The number of aromatic nitrogens is 1. The zero-order chi connectivity index (χ0) is 17.4. The molecule has 0 saturated carbocycles. The van der Waals surface area contributed by atoms with Crippen molar-refractivity contribution in [3.8, 4) is 5.88 Å². The molecule has 7 nitrogen and oxygen atoms in total. The van der Waals surface area contributed by atoms with Gasteiger partial charge in [0.25, 0.3) is 5.91 Å². The van der Waals surface area contributed by atoms with Crippen LogP contribution in [-0.4, -0.2) is 86.8 Å². The van der Waals surface area contributed by atoms with E-state index in [4.69, 9.17) is 9.47 Å². The van der Waals surface area contributed by atoms with E-state index in [2.05, 4.69) is 34.1 Å². The Morgan fingerprint density at radius 3 is 2.79 bits per heavy atom. The van der Waals surface area contributed by atoms with Gasteiger partial charge in [-0.25, -0.2) is 4.98 Å². The molecule has 1 aromatic rings. The van der Waals surface area contributed by atoms with Gasteiger partial charge in [0.15, 0.2) is 0 Å². The summed E-state index contributed by atoms with van der Waals surface area (Å²) in [5.41, 5.74) is 0.458. The molecule has 0 unspecified atom stereocenters. The van der Waals surface area contributed by atoms with Crippen molar-refractivity contribution in [2.75, 3.05) is 60.1 Å². The van der Waals surface area contributed by atoms with Gasteiger partial charge in [0.2, 0.25) is 5.88 Å². The van der Waals surface area contributed by atoms with Crippen molar-refractivity contribution in [2.24, 2.45) is 0 Å². The van der Waals surface area contributed by atoms with Crippen LogP contribution in [0.2, 0.25) is 0 Å². The Labute approximate surface area is 143 Å². The summed E-state index contributed by atoms with van der Waals surface area (Å²) >= 11 is 0. The lowest BCUT2D eigenvalue weighted by molar-refractivity contribution is 0.0895. The largest absolute Gasteiger partial charge is 0.475 e. The topological polar surface area (TPSA) is 66.9 Å². The number of nitrogens with zero attached hydrogens (tertiary/aromatic N) is 3. The van der Waals surface area contributed by atoms with Crippen LogP contribution >= 0.6 is 0 Å². The van der Waals surface area contributed by atoms with Gasteiger partial charge in [-0.05, 0) is 26.1 Å². The van der Waals surface area contributed by atoms with Gasteiger partial charge in [-0.1, -0.05) is 0 Å². The molecule has 0 aliphatic carbocycles. The number of ether oxygens (including phenoxy) is 2. The molecule has 1 aromatic heterocycles. The number of hydrogen-bond acceptors (Lipinski definition) is 6. The SMILES string of the molecule is COCCOc1ncccc1C(=O)NC[C@@H](C)N1CCN(C)CC1. The Morgan fingerprint density at radius 1 is 1.33 bits per heavy atom. The predicted octanol–water partition coefficient (Wildman–Crippen LogP) is 0.473. The summed E-state index contributed by atoms with van der Waals surface area (Å²) in [6.45, 7) is 7.78. The van der Waals surface area contributed by atoms with Crippen molar-refractivity contribution in [3.05, 3.63) is 23.9 Å². The van der Waals surface area contributed by atoms with Crippen molar-refractivity contribution >= 4 is 5.91 Å². The number of carbonyl (C=O) groups excluding carboxylic acids is 1. The van der Waals surface area contributed by atoms with Gasteiger partial charge in [-0.15, -0.1) is 0 Å². The van der Waals surface area contributed by atoms with Crippen LogP contribution in [0.1, 0.15) is 17.3 Å². The predicted molar refractivity (Wildman–Crippen MR) is 92.5 cm³/mol. The van der Waals surface area contributed by atoms with E-state index in [-0.39, 0.29) is 5.91 Å². The van der Waals surface area contributed by atoms with Crippen molar-refractivity contribution in [1.29, 1.82) is 0 Å². The number of likely N-dealkylation sites (N-methyl/N-ethyl adjacent to an activating group) is 1. The molecule has 0 spiro atoms. The molecule has 1 N–H and O–H groups in total. The van der Waals surface area contributed by atoms with Gasteiger partial charge in [-0.3, -0.25) is 9.69 Å². The fourth-order valence-electron chi connectivity index (χ4n) is 2.63. The standard InChI is InChI=1S/C17H28N4O3/c1-14(21-9-7-20(2)8-10-21)13-19-16(22)15-5-4-6-18-17(15)24-12-11-23-3/h4-6,14H,7-13H2,1-3H3,(H,19,22)/t14-/m1/s1. The summed E-state index contributed by atoms with van der Waals surface area (Å²) in [5.74, 6) is 0.191. The summed E-state index contributed by atoms with van der Waals surface area (Å²) in [5, 5.41) is 2.99. The Morgan fingerprint density at radius 2 is 2.08 bits per heavy atom. The molecule has 1 atom stereocenters. The fraction of sp³-hybridized carbons (Fsp3) is 0.647. The summed E-state index contributed by atoms with van der Waals surface area (Å²) in [6.07, 6.45) is 1.62. The highest BCUT2D eigenvalue weighted by Crippen LogP contribution is 2.14. The maximum atomic E-state index is 12.4. The first-order valence-corrected chi connectivity index (χ1v) is 8.39. The van der Waals surface area contributed by atoms with Crippen molar-refractivity contribution in [3.63, 3.8) is 0 Å². The number of nitrogens with one attached hydrogen (secondary N) is 1. The summed E-state index contributed by atoms with van der Waals surface area (Å²) in [6, 6.07) is 3.77. The third-order valence-electron chi connectivity index (χ3n) is 4.26. The molecule has 1 fully saturated rings. The highest BCUT2D eigenvalue weighted by atomic mass is 16.5. The van der Waals surface area contributed by atoms with Gasteiger partial charge in [0.05, 0.1) is 6.61 Å². The van der Waals surface area contributed by atoms with E-state index in [1.807, 2.05) is 0 Å². The first kappa shape index (κ1) is 18.6. The molecule has 1 saturated heterocycles. The lowest BCUT2D eigenvalue weighted by atomic mass is 10.2. The quantitative estimate of drug-likeness (QED) is 0.696. The van der Waals surface area contributed by atoms with Crippen molar-refractivity contribution in [1.82, 2.24) is 20.1 Å². The summed E-state index contributed by atoms with van der Waals surface area (Å²) < 4.78 is 10.5. The Kier molecular flexibility index (Phi) is 7.42. The van der Waals surface area contributed by atoms with Gasteiger partial charge in [-0.2, -0.15) is 0 Å². The minimum Gasteiger partial charge on any atom is -0.475 e. The minimum atomic E-state index is -0.156. The van der Waals surface area contributed by atoms with Crippen LogP contribution < -0.4 is 10.1 Å². The Hall–Kier alpha value is -1.70. The van der Waals surface area contributed by atoms with E-state index in [1.54, 1.807) is 25.4 Å². The third-order valence-corrected chi connectivity index (χ3v) is 4.26. The van der Waals surface area contributed by atoms with Gasteiger partial charge in [0, 0.05) is 52.1 Å². The van der Waals surface area contributed by atoms with Crippen LogP contribution in [0.3, 0.4) is 0 Å². The van der Waals surface area contributed by atoms with Crippen molar-refractivity contribution < 1.29 is 14.3 Å². The molecule has 134 valence electrons. The van der Waals surface area contributed by atoms with Crippen LogP contribution in [0.4, 0.5) is 0 Å². The molecule has 1 amide bonds. The number of carbonyl (C=O) groups is 1. The summed E-state index contributed by atoms with van der Waals surface area (Å²) in [4.78, 5) is 21.3. The normalized spacial score (nSPS) is 17.5. The molecule has 0 bridgehead atoms. The summed E-state index contributed by atoms with van der Waals surface area (Å²) in [7, 11) is 3.74. The minimum absolute atomic E-state index is 0.156.